The molecule has 0 spiro atoms. The van der Waals surface area contributed by atoms with Gasteiger partial charge in [0.1, 0.15) is 24.1 Å². The molecule has 29 heavy (non-hydrogen) atoms. The number of rotatable bonds is 3. The Hall–Kier alpha value is -2.87. The van der Waals surface area contributed by atoms with Crippen LogP contribution in [0.15, 0.2) is 54.6 Å². The summed E-state index contributed by atoms with van der Waals surface area (Å²) in [5, 5.41) is 13.6. The third-order valence-corrected chi connectivity index (χ3v) is 5.44. The van der Waals surface area contributed by atoms with Crippen molar-refractivity contribution in [3.05, 3.63) is 66.0 Å². The molecule has 2 aromatic carbocycles. The lowest BCUT2D eigenvalue weighted by Gasteiger charge is -2.18. The number of aliphatic hydroxyl groups is 1. The predicted octanol–water partition coefficient (Wildman–Crippen LogP) is 2.30. The molecule has 2 aliphatic heterocycles. The van der Waals surface area contributed by atoms with Crippen molar-refractivity contribution >= 4 is 16.8 Å². The van der Waals surface area contributed by atoms with Crippen LogP contribution in [0.1, 0.15) is 10.4 Å². The first kappa shape index (κ1) is 18.2. The van der Waals surface area contributed by atoms with Crippen LogP contribution < -0.4 is 5.32 Å². The predicted molar refractivity (Wildman–Crippen MR) is 104 cm³/mol. The monoisotopic (exact) mass is 394 g/mol. The Morgan fingerprint density at radius 3 is 2.66 bits per heavy atom. The summed E-state index contributed by atoms with van der Waals surface area (Å²) in [6.45, 7) is 0.487. The van der Waals surface area contributed by atoms with Crippen LogP contribution >= 0.6 is 0 Å². The average Bonchev–Trinajstić information content (AvgIpc) is 3.31. The van der Waals surface area contributed by atoms with Crippen molar-refractivity contribution in [1.82, 2.24) is 10.3 Å². The summed E-state index contributed by atoms with van der Waals surface area (Å²) in [5.41, 5.74) is 2.45. The number of ether oxygens (including phenoxy) is 2. The van der Waals surface area contributed by atoms with Gasteiger partial charge in [-0.05, 0) is 36.4 Å². The second-order valence-corrected chi connectivity index (χ2v) is 7.32. The van der Waals surface area contributed by atoms with Crippen molar-refractivity contribution < 1.29 is 23.8 Å². The van der Waals surface area contributed by atoms with Gasteiger partial charge in [-0.15, -0.1) is 0 Å². The first-order chi connectivity index (χ1) is 14.1. The van der Waals surface area contributed by atoms with Gasteiger partial charge in [-0.3, -0.25) is 4.79 Å². The standard InChI is InChI=1S/C22H19FN2O4/c23-13-7-5-12(6-8-13)17-9-15(14-3-1-2-4-16(14)24-17)22(27)25-18-10-28-21-19(26)11-29-20(18)21/h1-9,18-21,26H,10-11H2,(H,25,27)/t18-,19-,20-,21-/m1/s1. The van der Waals surface area contributed by atoms with Crippen LogP contribution in [0.4, 0.5) is 4.39 Å². The summed E-state index contributed by atoms with van der Waals surface area (Å²) in [6, 6.07) is 14.8. The summed E-state index contributed by atoms with van der Waals surface area (Å²) in [6.07, 6.45) is -1.45. The van der Waals surface area contributed by atoms with Crippen molar-refractivity contribution in [2.45, 2.75) is 24.4 Å². The van der Waals surface area contributed by atoms with Crippen LogP contribution in [0.25, 0.3) is 22.2 Å². The van der Waals surface area contributed by atoms with Gasteiger partial charge in [0.05, 0.1) is 36.0 Å². The van der Waals surface area contributed by atoms with Crippen molar-refractivity contribution in [3.8, 4) is 11.3 Å². The average molecular weight is 394 g/mol. The van der Waals surface area contributed by atoms with Crippen LogP contribution in [0.5, 0.6) is 0 Å². The number of para-hydroxylation sites is 1. The number of pyridine rings is 1. The van der Waals surface area contributed by atoms with E-state index in [9.17, 15) is 14.3 Å². The van der Waals surface area contributed by atoms with E-state index in [1.165, 1.54) is 12.1 Å². The normalized spacial score (nSPS) is 25.9. The minimum absolute atomic E-state index is 0.203. The molecule has 2 N–H and O–H groups in total. The topological polar surface area (TPSA) is 80.7 Å². The van der Waals surface area contributed by atoms with Gasteiger partial charge in [-0.2, -0.15) is 0 Å². The summed E-state index contributed by atoms with van der Waals surface area (Å²) >= 11 is 0. The van der Waals surface area contributed by atoms with E-state index >= 15 is 0 Å². The molecular weight excluding hydrogens is 375 g/mol. The van der Waals surface area contributed by atoms with E-state index in [2.05, 4.69) is 10.3 Å². The number of amides is 1. The molecule has 0 aliphatic carbocycles. The number of hydrogen-bond donors (Lipinski definition) is 2. The van der Waals surface area contributed by atoms with Crippen LogP contribution in [0.3, 0.4) is 0 Å². The Morgan fingerprint density at radius 2 is 1.83 bits per heavy atom. The number of benzene rings is 2. The summed E-state index contributed by atoms with van der Waals surface area (Å²) in [7, 11) is 0. The molecule has 3 heterocycles. The molecule has 1 amide bonds. The third kappa shape index (κ3) is 3.27. The first-order valence-electron chi connectivity index (χ1n) is 9.48. The van der Waals surface area contributed by atoms with Gasteiger partial charge in [-0.1, -0.05) is 18.2 Å². The Kier molecular flexibility index (Phi) is 4.50. The molecule has 5 rings (SSSR count). The number of aliphatic hydroxyl groups excluding tert-OH is 1. The molecule has 6 nitrogen and oxygen atoms in total. The third-order valence-electron chi connectivity index (χ3n) is 5.44. The Labute approximate surface area is 166 Å². The van der Waals surface area contributed by atoms with E-state index in [1.54, 1.807) is 18.2 Å². The SMILES string of the molecule is O=C(N[C@@H]1CO[C@H]2[C@@H]1OC[C@H]2O)c1cc(-c2ccc(F)cc2)nc2ccccc12. The highest BCUT2D eigenvalue weighted by molar-refractivity contribution is 6.07. The molecule has 3 aromatic rings. The maximum Gasteiger partial charge on any atom is 0.252 e. The van der Waals surface area contributed by atoms with Gasteiger partial charge in [0, 0.05) is 10.9 Å². The highest BCUT2D eigenvalue weighted by Gasteiger charge is 2.47. The lowest BCUT2D eigenvalue weighted by Crippen LogP contribution is -2.44. The van der Waals surface area contributed by atoms with Gasteiger partial charge in [0.25, 0.3) is 5.91 Å². The van der Waals surface area contributed by atoms with E-state index in [1.807, 2.05) is 24.3 Å². The molecule has 148 valence electrons. The molecule has 0 radical (unpaired) electrons. The van der Waals surface area contributed by atoms with E-state index in [-0.39, 0.29) is 37.1 Å². The highest BCUT2D eigenvalue weighted by atomic mass is 19.1. The lowest BCUT2D eigenvalue weighted by molar-refractivity contribution is 0.0178. The number of nitrogens with zero attached hydrogens (tertiary/aromatic N) is 1. The number of halogens is 1. The molecule has 1 aromatic heterocycles. The zero-order valence-electron chi connectivity index (χ0n) is 15.4. The molecule has 0 saturated carbocycles. The summed E-state index contributed by atoms with van der Waals surface area (Å²) in [5.74, 6) is -0.603. The van der Waals surface area contributed by atoms with Crippen LogP contribution in [-0.2, 0) is 9.47 Å². The van der Waals surface area contributed by atoms with E-state index in [0.29, 0.717) is 16.8 Å². The number of fused-ring (bicyclic) bond motifs is 2. The zero-order chi connectivity index (χ0) is 20.0. The minimum Gasteiger partial charge on any atom is -0.388 e. The Balaban J connectivity index is 1.50. The van der Waals surface area contributed by atoms with Gasteiger partial charge in [0.15, 0.2) is 0 Å². The molecule has 2 fully saturated rings. The molecule has 2 aliphatic rings. The zero-order valence-corrected chi connectivity index (χ0v) is 15.4. The van der Waals surface area contributed by atoms with Gasteiger partial charge in [0.2, 0.25) is 0 Å². The van der Waals surface area contributed by atoms with Gasteiger partial charge in [-0.25, -0.2) is 9.37 Å². The van der Waals surface area contributed by atoms with Crippen molar-refractivity contribution in [1.29, 1.82) is 0 Å². The number of carbonyl (C=O) groups excluding carboxylic acids is 1. The smallest absolute Gasteiger partial charge is 0.252 e. The fourth-order valence-electron chi connectivity index (χ4n) is 3.98. The lowest BCUT2D eigenvalue weighted by atomic mass is 10.0. The molecule has 0 unspecified atom stereocenters. The Morgan fingerprint density at radius 1 is 1.07 bits per heavy atom. The largest absolute Gasteiger partial charge is 0.388 e. The van der Waals surface area contributed by atoms with Gasteiger partial charge < -0.3 is 19.9 Å². The number of aromatic nitrogens is 1. The maximum atomic E-state index is 13.3. The quantitative estimate of drug-likeness (QED) is 0.713. The molecule has 7 heteroatoms. The van der Waals surface area contributed by atoms with E-state index in [4.69, 9.17) is 9.47 Å². The highest BCUT2D eigenvalue weighted by Crippen LogP contribution is 2.29. The molecule has 0 bridgehead atoms. The van der Waals surface area contributed by atoms with Crippen LogP contribution in [-0.4, -0.2) is 53.6 Å². The van der Waals surface area contributed by atoms with Crippen LogP contribution in [0.2, 0.25) is 0 Å². The second-order valence-electron chi connectivity index (χ2n) is 7.32. The van der Waals surface area contributed by atoms with E-state index in [0.717, 1.165) is 10.9 Å². The first-order valence-corrected chi connectivity index (χ1v) is 9.48. The number of hydrogen-bond acceptors (Lipinski definition) is 5. The fourth-order valence-corrected chi connectivity index (χ4v) is 3.98. The number of nitrogens with one attached hydrogen (secondary N) is 1. The summed E-state index contributed by atoms with van der Waals surface area (Å²) in [4.78, 5) is 17.8. The minimum atomic E-state index is -0.672. The van der Waals surface area contributed by atoms with Gasteiger partial charge >= 0.3 is 0 Å². The Bertz CT molecular complexity index is 1070. The maximum absolute atomic E-state index is 13.3. The second kappa shape index (κ2) is 7.18. The molecule has 4 atom stereocenters. The van der Waals surface area contributed by atoms with Crippen LogP contribution in [0, 0.1) is 5.82 Å². The van der Waals surface area contributed by atoms with Crippen molar-refractivity contribution in [2.24, 2.45) is 0 Å². The fraction of sp³-hybridized carbons (Fsp3) is 0.273. The number of carbonyl (C=O) groups is 1. The molecular formula is C22H19FN2O4. The van der Waals surface area contributed by atoms with Crippen molar-refractivity contribution in [2.75, 3.05) is 13.2 Å². The summed E-state index contributed by atoms with van der Waals surface area (Å²) < 4.78 is 24.5. The van der Waals surface area contributed by atoms with E-state index < -0.39 is 12.2 Å². The van der Waals surface area contributed by atoms with Crippen molar-refractivity contribution in [3.63, 3.8) is 0 Å². The molecule has 2 saturated heterocycles.